The molecule has 2 aromatic heterocycles. The van der Waals surface area contributed by atoms with Crippen LogP contribution in [0.4, 0.5) is 0 Å². The number of aromatic nitrogens is 4. The van der Waals surface area contributed by atoms with Crippen LogP contribution in [0.1, 0.15) is 19.3 Å². The minimum absolute atomic E-state index is 0.355. The first kappa shape index (κ1) is 12.1. The van der Waals surface area contributed by atoms with Crippen molar-refractivity contribution in [3.8, 4) is 11.6 Å². The molecule has 1 saturated carbocycles. The van der Waals surface area contributed by atoms with Gasteiger partial charge in [0.1, 0.15) is 5.58 Å². The lowest BCUT2D eigenvalue weighted by molar-refractivity contribution is -0.153. The first-order chi connectivity index (χ1) is 10.2. The van der Waals surface area contributed by atoms with E-state index >= 15 is 0 Å². The Hall–Kier alpha value is -2.70. The lowest BCUT2D eigenvalue weighted by Crippen LogP contribution is -2.48. The van der Waals surface area contributed by atoms with Crippen molar-refractivity contribution in [1.82, 2.24) is 20.2 Å². The van der Waals surface area contributed by atoms with E-state index in [1.807, 2.05) is 30.3 Å². The van der Waals surface area contributed by atoms with Crippen molar-refractivity contribution in [2.24, 2.45) is 0 Å². The number of carbonyl (C=O) groups is 1. The predicted octanol–water partition coefficient (Wildman–Crippen LogP) is 2.05. The Morgan fingerprint density at radius 1 is 1.33 bits per heavy atom. The maximum absolute atomic E-state index is 11.6. The van der Waals surface area contributed by atoms with Gasteiger partial charge >= 0.3 is 5.97 Å². The molecule has 1 aliphatic rings. The van der Waals surface area contributed by atoms with Crippen LogP contribution in [0, 0.1) is 0 Å². The standard InChI is InChI=1S/C14H12N4O3/c19-13(20)14(6-3-7-14)18-12(15-16-17-18)11-8-9-4-1-2-5-10(9)21-11/h1-2,4-5,8H,3,6-7H2,(H,19,20). The van der Waals surface area contributed by atoms with E-state index in [4.69, 9.17) is 4.42 Å². The normalized spacial score (nSPS) is 16.8. The molecule has 0 unspecified atom stereocenters. The number of rotatable bonds is 3. The summed E-state index contributed by atoms with van der Waals surface area (Å²) in [6.07, 6.45) is 1.91. The molecule has 0 aliphatic heterocycles. The molecule has 1 N–H and O–H groups in total. The molecule has 7 heteroatoms. The number of para-hydroxylation sites is 1. The van der Waals surface area contributed by atoms with Crippen LogP contribution in [0.2, 0.25) is 0 Å². The highest BCUT2D eigenvalue weighted by Crippen LogP contribution is 2.41. The van der Waals surface area contributed by atoms with Crippen LogP contribution in [0.3, 0.4) is 0 Å². The molecule has 0 spiro atoms. The van der Waals surface area contributed by atoms with Crippen molar-refractivity contribution in [1.29, 1.82) is 0 Å². The summed E-state index contributed by atoms with van der Waals surface area (Å²) in [7, 11) is 0. The fraction of sp³-hybridized carbons (Fsp3) is 0.286. The molecule has 3 aromatic rings. The molecule has 7 nitrogen and oxygen atoms in total. The van der Waals surface area contributed by atoms with Crippen molar-refractivity contribution in [3.05, 3.63) is 30.3 Å². The number of furan rings is 1. The summed E-state index contributed by atoms with van der Waals surface area (Å²) in [6.45, 7) is 0. The third kappa shape index (κ3) is 1.60. The number of carboxylic acid groups (broad SMARTS) is 1. The highest BCUT2D eigenvalue weighted by Gasteiger charge is 2.49. The van der Waals surface area contributed by atoms with Gasteiger partial charge in [-0.1, -0.05) is 18.2 Å². The van der Waals surface area contributed by atoms with E-state index in [2.05, 4.69) is 15.5 Å². The third-order valence-electron chi connectivity index (χ3n) is 4.10. The fourth-order valence-corrected chi connectivity index (χ4v) is 2.75. The fourth-order valence-electron chi connectivity index (χ4n) is 2.75. The second-order valence-electron chi connectivity index (χ2n) is 5.25. The summed E-state index contributed by atoms with van der Waals surface area (Å²) in [5, 5.41) is 21.9. The van der Waals surface area contributed by atoms with E-state index in [0.717, 1.165) is 17.4 Å². The average Bonchev–Trinajstić information content (AvgIpc) is 3.02. The molecular formula is C14H12N4O3. The maximum Gasteiger partial charge on any atom is 0.331 e. The zero-order chi connectivity index (χ0) is 14.4. The quantitative estimate of drug-likeness (QED) is 0.791. The van der Waals surface area contributed by atoms with Crippen LogP contribution in [0.15, 0.2) is 34.7 Å². The van der Waals surface area contributed by atoms with Gasteiger partial charge in [-0.15, -0.1) is 5.10 Å². The summed E-state index contributed by atoms with van der Waals surface area (Å²) >= 11 is 0. The average molecular weight is 284 g/mol. The van der Waals surface area contributed by atoms with Crippen LogP contribution in [-0.2, 0) is 10.3 Å². The first-order valence-corrected chi connectivity index (χ1v) is 6.72. The lowest BCUT2D eigenvalue weighted by atomic mass is 9.77. The highest BCUT2D eigenvalue weighted by atomic mass is 16.4. The Morgan fingerprint density at radius 3 is 2.81 bits per heavy atom. The number of hydrogen-bond donors (Lipinski definition) is 1. The van der Waals surface area contributed by atoms with Crippen LogP contribution in [0.25, 0.3) is 22.6 Å². The molecule has 0 bridgehead atoms. The van der Waals surface area contributed by atoms with Crippen LogP contribution in [-0.4, -0.2) is 31.3 Å². The topological polar surface area (TPSA) is 94.0 Å². The Balaban J connectivity index is 1.87. The van der Waals surface area contributed by atoms with E-state index in [1.165, 1.54) is 4.68 Å². The van der Waals surface area contributed by atoms with Crippen LogP contribution in [0.5, 0.6) is 0 Å². The van der Waals surface area contributed by atoms with Gasteiger partial charge in [0.15, 0.2) is 11.3 Å². The second kappa shape index (κ2) is 4.15. The molecule has 0 atom stereocenters. The smallest absolute Gasteiger partial charge is 0.331 e. The summed E-state index contributed by atoms with van der Waals surface area (Å²) in [5.41, 5.74) is -0.322. The number of hydrogen-bond acceptors (Lipinski definition) is 5. The Bertz CT molecular complexity index is 798. The minimum Gasteiger partial charge on any atom is -0.479 e. The van der Waals surface area contributed by atoms with Gasteiger partial charge in [0.05, 0.1) is 0 Å². The second-order valence-corrected chi connectivity index (χ2v) is 5.25. The van der Waals surface area contributed by atoms with E-state index < -0.39 is 11.5 Å². The Labute approximate surface area is 119 Å². The van der Waals surface area contributed by atoms with Gasteiger partial charge < -0.3 is 9.52 Å². The van der Waals surface area contributed by atoms with E-state index in [9.17, 15) is 9.90 Å². The van der Waals surface area contributed by atoms with Crippen LogP contribution < -0.4 is 0 Å². The van der Waals surface area contributed by atoms with Gasteiger partial charge in [0.2, 0.25) is 5.82 Å². The van der Waals surface area contributed by atoms with E-state index in [0.29, 0.717) is 24.4 Å². The zero-order valence-electron chi connectivity index (χ0n) is 11.1. The van der Waals surface area contributed by atoms with Crippen molar-refractivity contribution in [3.63, 3.8) is 0 Å². The molecule has 1 aliphatic carbocycles. The molecule has 0 radical (unpaired) electrons. The molecule has 4 rings (SSSR count). The molecule has 0 saturated heterocycles. The third-order valence-corrected chi connectivity index (χ3v) is 4.10. The van der Waals surface area contributed by atoms with Crippen molar-refractivity contribution in [2.45, 2.75) is 24.8 Å². The van der Waals surface area contributed by atoms with Gasteiger partial charge in [-0.3, -0.25) is 0 Å². The molecule has 1 aromatic carbocycles. The molecular weight excluding hydrogens is 272 g/mol. The predicted molar refractivity (Wildman–Crippen MR) is 72.5 cm³/mol. The highest BCUT2D eigenvalue weighted by molar-refractivity contribution is 5.82. The Kier molecular flexibility index (Phi) is 2.38. The van der Waals surface area contributed by atoms with E-state index in [1.54, 1.807) is 0 Å². The maximum atomic E-state index is 11.6. The summed E-state index contributed by atoms with van der Waals surface area (Å²) in [6, 6.07) is 9.39. The number of nitrogens with zero attached hydrogens (tertiary/aromatic N) is 4. The molecule has 0 amide bonds. The Morgan fingerprint density at radius 2 is 2.14 bits per heavy atom. The van der Waals surface area contributed by atoms with E-state index in [-0.39, 0.29) is 0 Å². The SMILES string of the molecule is O=C(O)C1(n2nnnc2-c2cc3ccccc3o2)CCC1. The number of fused-ring (bicyclic) bond motifs is 1. The largest absolute Gasteiger partial charge is 0.479 e. The van der Waals surface area contributed by atoms with Gasteiger partial charge in [0.25, 0.3) is 0 Å². The molecule has 21 heavy (non-hydrogen) atoms. The summed E-state index contributed by atoms with van der Waals surface area (Å²) < 4.78 is 7.13. The van der Waals surface area contributed by atoms with Gasteiger partial charge in [-0.2, -0.15) is 0 Å². The molecule has 106 valence electrons. The number of tetrazole rings is 1. The number of benzene rings is 1. The number of carboxylic acids is 1. The van der Waals surface area contributed by atoms with Gasteiger partial charge in [-0.05, 0) is 41.8 Å². The summed E-state index contributed by atoms with van der Waals surface area (Å²) in [5.74, 6) is -0.0690. The molecule has 2 heterocycles. The van der Waals surface area contributed by atoms with Gasteiger partial charge in [0, 0.05) is 5.39 Å². The van der Waals surface area contributed by atoms with Gasteiger partial charge in [-0.25, -0.2) is 9.48 Å². The monoisotopic (exact) mass is 284 g/mol. The van der Waals surface area contributed by atoms with Crippen LogP contribution >= 0.6 is 0 Å². The first-order valence-electron chi connectivity index (χ1n) is 6.72. The van der Waals surface area contributed by atoms with Crippen molar-refractivity contribution < 1.29 is 14.3 Å². The number of aliphatic carboxylic acids is 1. The zero-order valence-corrected chi connectivity index (χ0v) is 11.1. The lowest BCUT2D eigenvalue weighted by Gasteiger charge is -2.37. The van der Waals surface area contributed by atoms with Crippen molar-refractivity contribution >= 4 is 16.9 Å². The molecule has 1 fully saturated rings. The minimum atomic E-state index is -1.04. The van der Waals surface area contributed by atoms with Crippen molar-refractivity contribution in [2.75, 3.05) is 0 Å². The summed E-state index contributed by atoms with van der Waals surface area (Å²) in [4.78, 5) is 11.6.